The van der Waals surface area contributed by atoms with E-state index in [0.29, 0.717) is 6.04 Å². The van der Waals surface area contributed by atoms with Gasteiger partial charge in [0, 0.05) is 11.1 Å². The van der Waals surface area contributed by atoms with Crippen molar-refractivity contribution in [1.29, 1.82) is 0 Å². The fraction of sp³-hybridized carbons (Fsp3) is 0.500. The van der Waals surface area contributed by atoms with Crippen molar-refractivity contribution in [3.05, 3.63) is 36.1 Å². The predicted molar refractivity (Wildman–Crippen MR) is 84.9 cm³/mol. The van der Waals surface area contributed by atoms with Crippen LogP contribution < -0.4 is 5.32 Å². The molecule has 0 aliphatic carbocycles. The Morgan fingerprint density at radius 1 is 1.26 bits per heavy atom. The average molecular weight is 277 g/mol. The highest BCUT2D eigenvalue weighted by molar-refractivity contribution is 7.99. The molecular formula is C16H23NOS. The molecule has 1 aromatic heterocycles. The van der Waals surface area contributed by atoms with Gasteiger partial charge in [0.05, 0.1) is 6.04 Å². The van der Waals surface area contributed by atoms with Crippen molar-refractivity contribution in [2.45, 2.75) is 32.2 Å². The number of unbranched alkanes of at least 4 members (excludes halogenated alkanes) is 2. The fourth-order valence-corrected chi connectivity index (χ4v) is 3.28. The van der Waals surface area contributed by atoms with Crippen LogP contribution in [0.3, 0.4) is 0 Å². The highest BCUT2D eigenvalue weighted by atomic mass is 32.2. The molecule has 104 valence electrons. The molecule has 0 amide bonds. The van der Waals surface area contributed by atoms with Crippen LogP contribution in [0.4, 0.5) is 0 Å². The van der Waals surface area contributed by atoms with Crippen molar-refractivity contribution in [2.75, 3.05) is 18.6 Å². The van der Waals surface area contributed by atoms with Gasteiger partial charge in [-0.2, -0.15) is 11.8 Å². The van der Waals surface area contributed by atoms with E-state index < -0.39 is 0 Å². The van der Waals surface area contributed by atoms with Crippen molar-refractivity contribution in [3.63, 3.8) is 0 Å². The fourth-order valence-electron chi connectivity index (χ4n) is 2.14. The summed E-state index contributed by atoms with van der Waals surface area (Å²) in [4.78, 5) is 0. The number of rotatable bonds is 8. The summed E-state index contributed by atoms with van der Waals surface area (Å²) in [5, 5.41) is 4.54. The van der Waals surface area contributed by atoms with Gasteiger partial charge < -0.3 is 9.73 Å². The van der Waals surface area contributed by atoms with Crippen molar-refractivity contribution >= 4 is 22.7 Å². The number of nitrogens with one attached hydrogen (secondary N) is 1. The van der Waals surface area contributed by atoms with Crippen LogP contribution in [-0.2, 0) is 0 Å². The van der Waals surface area contributed by atoms with Gasteiger partial charge in [0.1, 0.15) is 11.3 Å². The van der Waals surface area contributed by atoms with Crippen molar-refractivity contribution < 1.29 is 4.42 Å². The maximum atomic E-state index is 5.92. The van der Waals surface area contributed by atoms with Gasteiger partial charge in [-0.15, -0.1) is 0 Å². The molecule has 0 saturated heterocycles. The Bertz CT molecular complexity index is 461. The van der Waals surface area contributed by atoms with Gasteiger partial charge in [0.25, 0.3) is 0 Å². The van der Waals surface area contributed by atoms with Gasteiger partial charge in [0.2, 0.25) is 0 Å². The first-order valence-corrected chi connectivity index (χ1v) is 8.24. The van der Waals surface area contributed by atoms with E-state index in [1.165, 1.54) is 30.4 Å². The molecule has 1 heterocycles. The summed E-state index contributed by atoms with van der Waals surface area (Å²) in [6.07, 6.45) is 3.94. The summed E-state index contributed by atoms with van der Waals surface area (Å²) >= 11 is 2.01. The summed E-state index contributed by atoms with van der Waals surface area (Å²) in [7, 11) is 2.00. The zero-order chi connectivity index (χ0) is 13.5. The van der Waals surface area contributed by atoms with Crippen LogP contribution in [0.2, 0.25) is 0 Å². The van der Waals surface area contributed by atoms with E-state index in [4.69, 9.17) is 4.42 Å². The molecule has 0 aliphatic rings. The summed E-state index contributed by atoms with van der Waals surface area (Å²) in [6.45, 7) is 2.25. The molecule has 2 aromatic rings. The summed E-state index contributed by atoms with van der Waals surface area (Å²) in [6, 6.07) is 10.7. The molecule has 1 N–H and O–H groups in total. The Morgan fingerprint density at radius 3 is 2.84 bits per heavy atom. The van der Waals surface area contributed by atoms with Gasteiger partial charge in [-0.05, 0) is 31.4 Å². The second kappa shape index (κ2) is 7.61. The monoisotopic (exact) mass is 277 g/mol. The summed E-state index contributed by atoms with van der Waals surface area (Å²) in [5.74, 6) is 3.36. The Hall–Kier alpha value is -0.930. The smallest absolute Gasteiger partial charge is 0.134 e. The van der Waals surface area contributed by atoms with E-state index in [0.717, 1.165) is 17.1 Å². The average Bonchev–Trinajstić information content (AvgIpc) is 2.86. The maximum absolute atomic E-state index is 5.92. The summed E-state index contributed by atoms with van der Waals surface area (Å²) in [5.41, 5.74) is 0.980. The molecule has 0 aliphatic heterocycles. The second-order valence-electron chi connectivity index (χ2n) is 4.81. The molecule has 1 aromatic carbocycles. The lowest BCUT2D eigenvalue weighted by molar-refractivity contribution is 0.479. The Kier molecular flexibility index (Phi) is 5.80. The molecule has 1 unspecified atom stereocenters. The predicted octanol–water partition coefficient (Wildman–Crippen LogP) is 4.62. The minimum absolute atomic E-state index is 0.305. The van der Waals surface area contributed by atoms with Crippen LogP contribution in [0, 0.1) is 0 Å². The van der Waals surface area contributed by atoms with Crippen molar-refractivity contribution in [3.8, 4) is 0 Å². The van der Waals surface area contributed by atoms with E-state index in [2.05, 4.69) is 30.4 Å². The van der Waals surface area contributed by atoms with Crippen LogP contribution in [0.5, 0.6) is 0 Å². The third-order valence-electron chi connectivity index (χ3n) is 3.31. The van der Waals surface area contributed by atoms with E-state index in [1.54, 1.807) is 0 Å². The van der Waals surface area contributed by atoms with Gasteiger partial charge >= 0.3 is 0 Å². The first-order chi connectivity index (χ1) is 9.35. The third-order valence-corrected chi connectivity index (χ3v) is 4.46. The van der Waals surface area contributed by atoms with E-state index in [-0.39, 0.29) is 0 Å². The maximum Gasteiger partial charge on any atom is 0.134 e. The molecular weight excluding hydrogens is 254 g/mol. The molecule has 0 bridgehead atoms. The molecule has 0 saturated carbocycles. The second-order valence-corrected chi connectivity index (χ2v) is 5.96. The number of fused-ring (bicyclic) bond motifs is 1. The number of benzene rings is 1. The van der Waals surface area contributed by atoms with Gasteiger partial charge in [-0.1, -0.05) is 38.0 Å². The van der Waals surface area contributed by atoms with Crippen LogP contribution in [-0.4, -0.2) is 18.6 Å². The van der Waals surface area contributed by atoms with Gasteiger partial charge in [-0.3, -0.25) is 0 Å². The molecule has 2 nitrogen and oxygen atoms in total. The lowest BCUT2D eigenvalue weighted by Gasteiger charge is -2.12. The number of hydrogen-bond donors (Lipinski definition) is 1. The molecule has 0 fully saturated rings. The minimum Gasteiger partial charge on any atom is -0.459 e. The van der Waals surface area contributed by atoms with Crippen LogP contribution in [0.25, 0.3) is 11.0 Å². The van der Waals surface area contributed by atoms with Crippen LogP contribution in [0.1, 0.15) is 38.0 Å². The quantitative estimate of drug-likeness (QED) is 0.713. The minimum atomic E-state index is 0.305. The van der Waals surface area contributed by atoms with Crippen LogP contribution in [0.15, 0.2) is 34.7 Å². The number of para-hydroxylation sites is 1. The number of hydrogen-bond acceptors (Lipinski definition) is 3. The highest BCUT2D eigenvalue weighted by Crippen LogP contribution is 2.26. The summed E-state index contributed by atoms with van der Waals surface area (Å²) < 4.78 is 5.92. The molecule has 2 rings (SSSR count). The lowest BCUT2D eigenvalue weighted by atomic mass is 10.2. The van der Waals surface area contributed by atoms with Gasteiger partial charge in [0.15, 0.2) is 0 Å². The Balaban J connectivity index is 1.93. The molecule has 3 heteroatoms. The zero-order valence-electron chi connectivity index (χ0n) is 11.8. The van der Waals surface area contributed by atoms with E-state index in [9.17, 15) is 0 Å². The first kappa shape index (κ1) is 14.5. The zero-order valence-corrected chi connectivity index (χ0v) is 12.6. The third kappa shape index (κ3) is 4.02. The molecule has 0 spiro atoms. The topological polar surface area (TPSA) is 25.2 Å². The Labute approximate surface area is 119 Å². The molecule has 0 radical (unpaired) electrons. The van der Waals surface area contributed by atoms with Crippen molar-refractivity contribution in [1.82, 2.24) is 5.32 Å². The van der Waals surface area contributed by atoms with Gasteiger partial charge in [-0.25, -0.2) is 0 Å². The van der Waals surface area contributed by atoms with Crippen LogP contribution >= 0.6 is 11.8 Å². The first-order valence-electron chi connectivity index (χ1n) is 7.08. The largest absolute Gasteiger partial charge is 0.459 e. The number of thioether (sulfide) groups is 1. The van der Waals surface area contributed by atoms with Crippen molar-refractivity contribution in [2.24, 2.45) is 0 Å². The van der Waals surface area contributed by atoms with E-state index >= 15 is 0 Å². The molecule has 1 atom stereocenters. The standard InChI is InChI=1S/C16H23NOS/c1-3-4-7-10-19-12-14(17-2)16-11-13-8-5-6-9-15(13)18-16/h5-6,8-9,11,14,17H,3-4,7,10,12H2,1-2H3. The lowest BCUT2D eigenvalue weighted by Crippen LogP contribution is -2.18. The Morgan fingerprint density at radius 2 is 2.11 bits per heavy atom. The molecule has 19 heavy (non-hydrogen) atoms. The van der Waals surface area contributed by atoms with E-state index in [1.807, 2.05) is 30.9 Å². The normalized spacial score (nSPS) is 12.9. The SMILES string of the molecule is CCCCCSCC(NC)c1cc2ccccc2o1. The number of furan rings is 1. The highest BCUT2D eigenvalue weighted by Gasteiger charge is 2.14.